The molecule has 0 bridgehead atoms. The summed E-state index contributed by atoms with van der Waals surface area (Å²) in [5, 5.41) is 1.33. The number of piperidine rings is 1. The van der Waals surface area contributed by atoms with Gasteiger partial charge in [0.05, 0.1) is 16.3 Å². The number of hydrogen-bond donors (Lipinski definition) is 0. The third kappa shape index (κ3) is 3.56. The first-order chi connectivity index (χ1) is 13.2. The molecule has 4 aliphatic rings. The summed E-state index contributed by atoms with van der Waals surface area (Å²) in [5.74, 6) is 1.06. The van der Waals surface area contributed by atoms with E-state index >= 15 is 0 Å². The van der Waals surface area contributed by atoms with Crippen LogP contribution in [0.25, 0.3) is 0 Å². The number of thiazole rings is 1. The molecular formula is C21H30N2O3S. The van der Waals surface area contributed by atoms with Crippen molar-refractivity contribution >= 4 is 17.2 Å². The van der Waals surface area contributed by atoms with Gasteiger partial charge in [0.25, 0.3) is 0 Å². The van der Waals surface area contributed by atoms with Crippen LogP contribution in [0.15, 0.2) is 0 Å². The lowest BCUT2D eigenvalue weighted by atomic mass is 9.80. The Labute approximate surface area is 165 Å². The minimum Gasteiger partial charge on any atom is -0.381 e. The fourth-order valence-electron chi connectivity index (χ4n) is 5.32. The molecule has 27 heavy (non-hydrogen) atoms. The molecule has 0 radical (unpaired) electrons. The van der Waals surface area contributed by atoms with Crippen molar-refractivity contribution in [3.8, 4) is 0 Å². The summed E-state index contributed by atoms with van der Waals surface area (Å²) >= 11 is 1.94. The Hall–Kier alpha value is -0.980. The monoisotopic (exact) mass is 390 g/mol. The molecule has 0 saturated carbocycles. The molecule has 1 atom stereocenters. The average molecular weight is 391 g/mol. The Bertz CT molecular complexity index is 663. The third-order valence-corrected chi connectivity index (χ3v) is 8.33. The maximum absolute atomic E-state index is 13.2. The first-order valence-electron chi connectivity index (χ1n) is 10.7. The van der Waals surface area contributed by atoms with Gasteiger partial charge in [0.15, 0.2) is 0 Å². The number of likely N-dealkylation sites (tertiary alicyclic amines) is 1. The highest BCUT2D eigenvalue weighted by molar-refractivity contribution is 7.11. The predicted octanol–water partition coefficient (Wildman–Crippen LogP) is 3.31. The van der Waals surface area contributed by atoms with Crippen LogP contribution in [0.4, 0.5) is 0 Å². The van der Waals surface area contributed by atoms with Crippen LogP contribution < -0.4 is 0 Å². The molecule has 5 rings (SSSR count). The summed E-state index contributed by atoms with van der Waals surface area (Å²) in [6.45, 7) is 4.04. The van der Waals surface area contributed by atoms with Gasteiger partial charge in [0.2, 0.25) is 5.91 Å². The van der Waals surface area contributed by atoms with E-state index in [1.165, 1.54) is 34.8 Å². The van der Waals surface area contributed by atoms with E-state index < -0.39 is 0 Å². The molecule has 148 valence electrons. The number of fused-ring (bicyclic) bond motifs is 1. The molecule has 1 aliphatic carbocycles. The van der Waals surface area contributed by atoms with Crippen LogP contribution in [-0.2, 0) is 27.1 Å². The van der Waals surface area contributed by atoms with Crippen molar-refractivity contribution in [2.45, 2.75) is 69.3 Å². The van der Waals surface area contributed by atoms with Crippen LogP contribution in [0.1, 0.15) is 66.4 Å². The van der Waals surface area contributed by atoms with E-state index in [-0.39, 0.29) is 11.5 Å². The molecule has 6 heteroatoms. The lowest BCUT2D eigenvalue weighted by Gasteiger charge is -2.44. The van der Waals surface area contributed by atoms with Crippen LogP contribution in [0.2, 0.25) is 0 Å². The topological polar surface area (TPSA) is 51.7 Å². The molecule has 0 N–H and O–H groups in total. The molecule has 1 aromatic heterocycles. The number of rotatable bonds is 2. The minimum atomic E-state index is -0.101. The number of nitrogens with zero attached hydrogens (tertiary/aromatic N) is 2. The van der Waals surface area contributed by atoms with Crippen LogP contribution in [0.3, 0.4) is 0 Å². The molecule has 3 saturated heterocycles. The van der Waals surface area contributed by atoms with Gasteiger partial charge < -0.3 is 14.4 Å². The summed E-state index contributed by atoms with van der Waals surface area (Å²) in [5.41, 5.74) is 1.26. The van der Waals surface area contributed by atoms with E-state index in [1.807, 2.05) is 11.3 Å². The van der Waals surface area contributed by atoms with Gasteiger partial charge in [-0.05, 0) is 57.8 Å². The van der Waals surface area contributed by atoms with Crippen molar-refractivity contribution in [2.75, 3.05) is 32.9 Å². The van der Waals surface area contributed by atoms with E-state index in [9.17, 15) is 4.79 Å². The standard InChI is InChI=1S/C21H30N2O3S/c24-20(16-6-11-26-21(14-16)7-12-25-13-8-21)23-9-4-15(5-10-23)19-22-17-2-1-3-18(17)27-19/h15-16H,1-14H2. The molecule has 5 nitrogen and oxygen atoms in total. The highest BCUT2D eigenvalue weighted by atomic mass is 32.1. The quantitative estimate of drug-likeness (QED) is 0.777. The van der Waals surface area contributed by atoms with Crippen LogP contribution in [0, 0.1) is 5.92 Å². The Morgan fingerprint density at radius 3 is 2.70 bits per heavy atom. The first-order valence-corrected chi connectivity index (χ1v) is 11.5. The van der Waals surface area contributed by atoms with Crippen LogP contribution in [0.5, 0.6) is 0 Å². The number of aromatic nitrogens is 1. The number of carbonyl (C=O) groups is 1. The molecule has 4 heterocycles. The zero-order valence-electron chi connectivity index (χ0n) is 16.1. The van der Waals surface area contributed by atoms with Crippen LogP contribution in [-0.4, -0.2) is 54.3 Å². The lowest BCUT2D eigenvalue weighted by molar-refractivity contribution is -0.164. The van der Waals surface area contributed by atoms with Gasteiger partial charge >= 0.3 is 0 Å². The van der Waals surface area contributed by atoms with Gasteiger partial charge in [0.1, 0.15) is 0 Å². The molecule has 0 aromatic carbocycles. The molecule has 1 amide bonds. The first kappa shape index (κ1) is 18.1. The van der Waals surface area contributed by atoms with Crippen molar-refractivity contribution in [3.63, 3.8) is 0 Å². The van der Waals surface area contributed by atoms with E-state index in [4.69, 9.17) is 14.5 Å². The zero-order chi connectivity index (χ0) is 18.3. The molecule has 3 fully saturated rings. The van der Waals surface area contributed by atoms with Gasteiger partial charge in [-0.2, -0.15) is 0 Å². The van der Waals surface area contributed by atoms with Crippen molar-refractivity contribution in [1.29, 1.82) is 0 Å². The summed E-state index contributed by atoms with van der Waals surface area (Å²) in [6.07, 6.45) is 9.44. The molecule has 1 unspecified atom stereocenters. The summed E-state index contributed by atoms with van der Waals surface area (Å²) in [4.78, 5) is 21.7. The number of carbonyl (C=O) groups excluding carboxylic acids is 1. The number of aryl methyl sites for hydroxylation is 2. The number of amides is 1. The summed E-state index contributed by atoms with van der Waals surface area (Å²) < 4.78 is 11.6. The molecule has 3 aliphatic heterocycles. The largest absolute Gasteiger partial charge is 0.381 e. The maximum Gasteiger partial charge on any atom is 0.225 e. The highest BCUT2D eigenvalue weighted by Gasteiger charge is 2.42. The van der Waals surface area contributed by atoms with Crippen molar-refractivity contribution in [3.05, 3.63) is 15.6 Å². The second-order valence-corrected chi connectivity index (χ2v) is 9.82. The fraction of sp³-hybridized carbons (Fsp3) is 0.810. The number of hydrogen-bond acceptors (Lipinski definition) is 5. The van der Waals surface area contributed by atoms with Gasteiger partial charge in [-0.1, -0.05) is 0 Å². The zero-order valence-corrected chi connectivity index (χ0v) is 16.9. The Morgan fingerprint density at radius 2 is 1.93 bits per heavy atom. The molecule has 1 aromatic rings. The predicted molar refractivity (Wildman–Crippen MR) is 104 cm³/mol. The second kappa shape index (κ2) is 7.45. The van der Waals surface area contributed by atoms with Crippen molar-refractivity contribution < 1.29 is 14.3 Å². The van der Waals surface area contributed by atoms with Crippen molar-refractivity contribution in [2.24, 2.45) is 5.92 Å². The average Bonchev–Trinajstić information content (AvgIpc) is 3.30. The number of ether oxygens (including phenoxy) is 2. The SMILES string of the molecule is O=C(C1CCOC2(CCOCC2)C1)N1CCC(c2nc3c(s2)CCC3)CC1. The maximum atomic E-state index is 13.2. The minimum absolute atomic E-state index is 0.101. The van der Waals surface area contributed by atoms with Crippen molar-refractivity contribution in [1.82, 2.24) is 9.88 Å². The molecular weight excluding hydrogens is 360 g/mol. The van der Waals surface area contributed by atoms with E-state index in [0.717, 1.165) is 71.4 Å². The summed E-state index contributed by atoms with van der Waals surface area (Å²) in [6, 6.07) is 0. The third-order valence-electron chi connectivity index (χ3n) is 7.01. The van der Waals surface area contributed by atoms with Crippen LogP contribution >= 0.6 is 11.3 Å². The summed E-state index contributed by atoms with van der Waals surface area (Å²) in [7, 11) is 0. The Morgan fingerprint density at radius 1 is 1.11 bits per heavy atom. The smallest absolute Gasteiger partial charge is 0.225 e. The van der Waals surface area contributed by atoms with E-state index in [0.29, 0.717) is 11.8 Å². The van der Waals surface area contributed by atoms with E-state index in [1.54, 1.807) is 0 Å². The van der Waals surface area contributed by atoms with Gasteiger partial charge in [0, 0.05) is 49.6 Å². The fourth-order valence-corrected chi connectivity index (χ4v) is 6.64. The molecule has 1 spiro atoms. The van der Waals surface area contributed by atoms with E-state index in [2.05, 4.69) is 4.90 Å². The van der Waals surface area contributed by atoms with Gasteiger partial charge in [-0.25, -0.2) is 4.98 Å². The normalized spacial score (nSPS) is 28.4. The van der Waals surface area contributed by atoms with Gasteiger partial charge in [-0.15, -0.1) is 11.3 Å². The Balaban J connectivity index is 1.18. The lowest BCUT2D eigenvalue weighted by Crippen LogP contribution is -2.49. The van der Waals surface area contributed by atoms with Gasteiger partial charge in [-0.3, -0.25) is 4.79 Å². The highest BCUT2D eigenvalue weighted by Crippen LogP contribution is 2.39. The second-order valence-electron chi connectivity index (χ2n) is 8.71. The Kier molecular flexibility index (Phi) is 4.99.